The molecule has 0 radical (unpaired) electrons. The summed E-state index contributed by atoms with van der Waals surface area (Å²) in [5, 5.41) is 3.32. The van der Waals surface area contributed by atoms with E-state index < -0.39 is 6.36 Å². The molecule has 1 aromatic carbocycles. The summed E-state index contributed by atoms with van der Waals surface area (Å²) >= 11 is 0. The van der Waals surface area contributed by atoms with Crippen LogP contribution in [0.5, 0.6) is 11.5 Å². The third-order valence-corrected chi connectivity index (χ3v) is 4.58. The lowest BCUT2D eigenvalue weighted by Crippen LogP contribution is -2.46. The van der Waals surface area contributed by atoms with Crippen LogP contribution in [0.25, 0.3) is 0 Å². The number of benzene rings is 1. The number of rotatable bonds is 7. The van der Waals surface area contributed by atoms with Gasteiger partial charge < -0.3 is 14.8 Å². The van der Waals surface area contributed by atoms with Gasteiger partial charge >= 0.3 is 6.36 Å². The minimum Gasteiger partial charge on any atom is -0.496 e. The molecule has 1 saturated heterocycles. The van der Waals surface area contributed by atoms with Crippen molar-refractivity contribution in [2.45, 2.75) is 39.1 Å². The quantitative estimate of drug-likeness (QED) is 0.798. The molecule has 1 aliphatic heterocycles. The van der Waals surface area contributed by atoms with E-state index >= 15 is 0 Å². The van der Waals surface area contributed by atoms with Crippen molar-refractivity contribution < 1.29 is 22.6 Å². The standard InChI is InChI=1S/C18H27F3N2O2/c1-4-5-13(2)17(23-10-8-22-9-11-23)15-12-14(25-18(19,20)21)6-7-16(15)24-3/h6-7,12-13,17,22H,4-5,8-11H2,1-3H3/t13?,17-/m0/s1. The average Bonchev–Trinajstić information content (AvgIpc) is 2.55. The van der Waals surface area contributed by atoms with Crippen molar-refractivity contribution in [3.8, 4) is 11.5 Å². The van der Waals surface area contributed by atoms with E-state index in [0.717, 1.165) is 44.6 Å². The average molecular weight is 360 g/mol. The van der Waals surface area contributed by atoms with Crippen LogP contribution in [0.3, 0.4) is 0 Å². The summed E-state index contributed by atoms with van der Waals surface area (Å²) in [6.45, 7) is 7.71. The van der Waals surface area contributed by atoms with Crippen LogP contribution >= 0.6 is 0 Å². The van der Waals surface area contributed by atoms with Crippen LogP contribution in [0.2, 0.25) is 0 Å². The van der Waals surface area contributed by atoms with Gasteiger partial charge in [0.1, 0.15) is 11.5 Å². The Morgan fingerprint density at radius 3 is 2.48 bits per heavy atom. The van der Waals surface area contributed by atoms with Gasteiger partial charge in [0.05, 0.1) is 7.11 Å². The molecule has 0 spiro atoms. The molecular formula is C18H27F3N2O2. The van der Waals surface area contributed by atoms with E-state index in [9.17, 15) is 13.2 Å². The highest BCUT2D eigenvalue weighted by atomic mass is 19.4. The van der Waals surface area contributed by atoms with E-state index in [0.29, 0.717) is 5.75 Å². The Kier molecular flexibility index (Phi) is 6.95. The molecule has 0 aromatic heterocycles. The predicted octanol–water partition coefficient (Wildman–Crippen LogP) is 3.98. The molecule has 142 valence electrons. The summed E-state index contributed by atoms with van der Waals surface area (Å²) in [5.41, 5.74) is 0.757. The van der Waals surface area contributed by atoms with Gasteiger partial charge in [-0.3, -0.25) is 4.90 Å². The van der Waals surface area contributed by atoms with Gasteiger partial charge in [-0.15, -0.1) is 13.2 Å². The molecule has 0 aliphatic carbocycles. The maximum Gasteiger partial charge on any atom is 0.573 e. The van der Waals surface area contributed by atoms with Gasteiger partial charge in [0.2, 0.25) is 0 Å². The fourth-order valence-corrected chi connectivity index (χ4v) is 3.58. The number of ether oxygens (including phenoxy) is 2. The Morgan fingerprint density at radius 1 is 1.24 bits per heavy atom. The van der Waals surface area contributed by atoms with Gasteiger partial charge in [-0.2, -0.15) is 0 Å². The zero-order valence-electron chi connectivity index (χ0n) is 15.0. The fraction of sp³-hybridized carbons (Fsp3) is 0.667. The first-order valence-electron chi connectivity index (χ1n) is 8.74. The van der Waals surface area contributed by atoms with Crippen molar-refractivity contribution >= 4 is 0 Å². The summed E-state index contributed by atoms with van der Waals surface area (Å²) in [5.74, 6) is 0.686. The van der Waals surface area contributed by atoms with Crippen LogP contribution in [0.1, 0.15) is 38.3 Å². The molecular weight excluding hydrogens is 333 g/mol. The Balaban J connectivity index is 2.40. The van der Waals surface area contributed by atoms with Gasteiger partial charge in [0, 0.05) is 37.8 Å². The molecule has 1 unspecified atom stereocenters. The van der Waals surface area contributed by atoms with E-state index in [1.165, 1.54) is 12.1 Å². The molecule has 2 atom stereocenters. The first-order valence-corrected chi connectivity index (χ1v) is 8.74. The Hall–Kier alpha value is -1.47. The molecule has 1 fully saturated rings. The second kappa shape index (κ2) is 8.76. The number of piperazine rings is 1. The number of nitrogens with zero attached hydrogens (tertiary/aromatic N) is 1. The smallest absolute Gasteiger partial charge is 0.496 e. The molecule has 0 bridgehead atoms. The van der Waals surface area contributed by atoms with E-state index in [-0.39, 0.29) is 17.7 Å². The lowest BCUT2D eigenvalue weighted by Gasteiger charge is -2.39. The van der Waals surface area contributed by atoms with Crippen LogP contribution in [0.15, 0.2) is 18.2 Å². The molecule has 0 amide bonds. The number of nitrogens with one attached hydrogen (secondary N) is 1. The number of hydrogen-bond donors (Lipinski definition) is 1. The number of alkyl halides is 3. The van der Waals surface area contributed by atoms with Gasteiger partial charge in [0.25, 0.3) is 0 Å². The zero-order chi connectivity index (χ0) is 18.4. The minimum absolute atomic E-state index is 0.00576. The highest BCUT2D eigenvalue weighted by molar-refractivity contribution is 5.42. The SMILES string of the molecule is CCCC(C)[C@@H](c1cc(OC(F)(F)F)ccc1OC)N1CCNCC1. The van der Waals surface area contributed by atoms with Crippen molar-refractivity contribution in [3.05, 3.63) is 23.8 Å². The first kappa shape index (κ1) is 19.8. The lowest BCUT2D eigenvalue weighted by molar-refractivity contribution is -0.274. The number of halogens is 3. The van der Waals surface area contributed by atoms with E-state index in [4.69, 9.17) is 4.74 Å². The fourth-order valence-electron chi connectivity index (χ4n) is 3.58. The molecule has 4 nitrogen and oxygen atoms in total. The van der Waals surface area contributed by atoms with Gasteiger partial charge in [-0.1, -0.05) is 20.3 Å². The largest absolute Gasteiger partial charge is 0.573 e. The van der Waals surface area contributed by atoms with E-state index in [1.807, 2.05) is 0 Å². The molecule has 25 heavy (non-hydrogen) atoms. The third kappa shape index (κ3) is 5.51. The zero-order valence-corrected chi connectivity index (χ0v) is 15.0. The Bertz CT molecular complexity index is 546. The van der Waals surface area contributed by atoms with Crippen LogP contribution in [0, 0.1) is 5.92 Å². The summed E-state index contributed by atoms with van der Waals surface area (Å²) in [6.07, 6.45) is -2.70. The van der Waals surface area contributed by atoms with Crippen molar-refractivity contribution in [2.24, 2.45) is 5.92 Å². The third-order valence-electron chi connectivity index (χ3n) is 4.58. The van der Waals surface area contributed by atoms with Crippen molar-refractivity contribution in [2.75, 3.05) is 33.3 Å². The topological polar surface area (TPSA) is 33.7 Å². The van der Waals surface area contributed by atoms with Crippen LogP contribution < -0.4 is 14.8 Å². The Labute approximate surface area is 147 Å². The molecule has 1 heterocycles. The maximum atomic E-state index is 12.6. The van der Waals surface area contributed by atoms with Crippen LogP contribution in [-0.2, 0) is 0 Å². The van der Waals surface area contributed by atoms with Gasteiger partial charge in [-0.05, 0) is 30.5 Å². The molecule has 2 rings (SSSR count). The first-order chi connectivity index (χ1) is 11.9. The minimum atomic E-state index is -4.70. The molecule has 1 aromatic rings. The second-order valence-electron chi connectivity index (χ2n) is 6.45. The van der Waals surface area contributed by atoms with Crippen molar-refractivity contribution in [3.63, 3.8) is 0 Å². The maximum absolute atomic E-state index is 12.6. The second-order valence-corrected chi connectivity index (χ2v) is 6.45. The molecule has 1 aliphatic rings. The molecule has 1 N–H and O–H groups in total. The van der Waals surface area contributed by atoms with Crippen molar-refractivity contribution in [1.82, 2.24) is 10.2 Å². The molecule has 0 saturated carbocycles. The molecule has 7 heteroatoms. The van der Waals surface area contributed by atoms with Crippen LogP contribution in [-0.4, -0.2) is 44.6 Å². The van der Waals surface area contributed by atoms with E-state index in [1.54, 1.807) is 13.2 Å². The number of hydrogen-bond acceptors (Lipinski definition) is 4. The Morgan fingerprint density at radius 2 is 1.92 bits per heavy atom. The normalized spacial score (nSPS) is 18.6. The monoisotopic (exact) mass is 360 g/mol. The van der Waals surface area contributed by atoms with Crippen molar-refractivity contribution in [1.29, 1.82) is 0 Å². The van der Waals surface area contributed by atoms with Gasteiger partial charge in [0.15, 0.2) is 0 Å². The van der Waals surface area contributed by atoms with Crippen LogP contribution in [0.4, 0.5) is 13.2 Å². The van der Waals surface area contributed by atoms with E-state index in [2.05, 4.69) is 28.8 Å². The van der Waals surface area contributed by atoms with Gasteiger partial charge in [-0.25, -0.2) is 0 Å². The summed E-state index contributed by atoms with van der Waals surface area (Å²) < 4.78 is 47.4. The highest BCUT2D eigenvalue weighted by Crippen LogP contribution is 2.39. The summed E-state index contributed by atoms with van der Waals surface area (Å²) in [4.78, 5) is 2.33. The lowest BCUT2D eigenvalue weighted by atomic mass is 9.88. The summed E-state index contributed by atoms with van der Waals surface area (Å²) in [6, 6.07) is 4.33. The predicted molar refractivity (Wildman–Crippen MR) is 90.9 cm³/mol. The summed E-state index contributed by atoms with van der Waals surface area (Å²) in [7, 11) is 1.54. The highest BCUT2D eigenvalue weighted by Gasteiger charge is 2.33. The number of methoxy groups -OCH3 is 1.